The number of rotatable bonds is 4. The van der Waals surface area contributed by atoms with Crippen LogP contribution < -0.4 is 0 Å². The predicted molar refractivity (Wildman–Crippen MR) is 103 cm³/mol. The lowest BCUT2D eigenvalue weighted by atomic mass is 10.2. The molecule has 3 heterocycles. The lowest BCUT2D eigenvalue weighted by Crippen LogP contribution is -2.21. The largest absolute Gasteiger partial charge is 0.384 e. The van der Waals surface area contributed by atoms with E-state index in [1.54, 1.807) is 11.3 Å². The van der Waals surface area contributed by atoms with E-state index in [0.717, 1.165) is 42.2 Å². The second-order valence-corrected chi connectivity index (χ2v) is 7.32. The fraction of sp³-hybridized carbons (Fsp3) is 0.300. The summed E-state index contributed by atoms with van der Waals surface area (Å²) in [6, 6.07) is 13.0. The van der Waals surface area contributed by atoms with Crippen molar-refractivity contribution in [2.45, 2.75) is 19.0 Å². The summed E-state index contributed by atoms with van der Waals surface area (Å²) in [6.45, 7) is 2.93. The maximum Gasteiger partial charge on any atom is 0.123 e. The lowest BCUT2D eigenvalue weighted by Gasteiger charge is -2.15. The molecule has 5 nitrogen and oxygen atoms in total. The average Bonchev–Trinajstić information content (AvgIpc) is 3.40. The Morgan fingerprint density at radius 2 is 2.15 bits per heavy atom. The second kappa shape index (κ2) is 7.83. The topological polar surface area (TPSA) is 54.2 Å². The predicted octanol–water partition coefficient (Wildman–Crippen LogP) is 2.80. The van der Waals surface area contributed by atoms with E-state index >= 15 is 0 Å². The molecule has 1 aromatic carbocycles. The van der Waals surface area contributed by atoms with Gasteiger partial charge >= 0.3 is 0 Å². The molecule has 4 rings (SSSR count). The van der Waals surface area contributed by atoms with Crippen molar-refractivity contribution in [3.05, 3.63) is 59.1 Å². The van der Waals surface area contributed by atoms with Crippen LogP contribution in [0.2, 0.25) is 0 Å². The molecule has 0 bridgehead atoms. The van der Waals surface area contributed by atoms with Crippen molar-refractivity contribution >= 4 is 11.3 Å². The Labute approximate surface area is 156 Å². The van der Waals surface area contributed by atoms with Crippen molar-refractivity contribution in [1.82, 2.24) is 19.9 Å². The van der Waals surface area contributed by atoms with Crippen molar-refractivity contribution in [2.75, 3.05) is 19.7 Å². The van der Waals surface area contributed by atoms with Gasteiger partial charge in [0.15, 0.2) is 0 Å². The summed E-state index contributed by atoms with van der Waals surface area (Å²) in [7, 11) is 0. The number of thiophene rings is 1. The van der Waals surface area contributed by atoms with Gasteiger partial charge in [0.25, 0.3) is 0 Å². The summed E-state index contributed by atoms with van der Waals surface area (Å²) in [6.07, 6.45) is 3.12. The van der Waals surface area contributed by atoms with Crippen LogP contribution in [0.25, 0.3) is 10.6 Å². The smallest absolute Gasteiger partial charge is 0.123 e. The van der Waals surface area contributed by atoms with Crippen LogP contribution in [-0.4, -0.2) is 44.7 Å². The minimum Gasteiger partial charge on any atom is -0.384 e. The highest BCUT2D eigenvalue weighted by Gasteiger charge is 2.25. The first kappa shape index (κ1) is 17.0. The Morgan fingerprint density at radius 1 is 1.27 bits per heavy atom. The van der Waals surface area contributed by atoms with Gasteiger partial charge in [0.1, 0.15) is 12.3 Å². The van der Waals surface area contributed by atoms with Crippen molar-refractivity contribution < 1.29 is 5.11 Å². The molecule has 2 aromatic heterocycles. The third kappa shape index (κ3) is 3.86. The van der Waals surface area contributed by atoms with E-state index < -0.39 is 0 Å². The van der Waals surface area contributed by atoms with Crippen LogP contribution >= 0.6 is 11.3 Å². The normalized spacial score (nSPS) is 17.2. The molecule has 0 radical (unpaired) electrons. The molecule has 26 heavy (non-hydrogen) atoms. The molecule has 6 heteroatoms. The highest BCUT2D eigenvalue weighted by atomic mass is 32.1. The maximum atomic E-state index is 8.79. The van der Waals surface area contributed by atoms with Crippen molar-refractivity contribution in [3.63, 3.8) is 0 Å². The fourth-order valence-electron chi connectivity index (χ4n) is 3.26. The number of aliphatic hydroxyl groups excluding tert-OH is 1. The van der Waals surface area contributed by atoms with Gasteiger partial charge in [-0.15, -0.1) is 16.4 Å². The zero-order valence-corrected chi connectivity index (χ0v) is 15.2. The van der Waals surface area contributed by atoms with Crippen molar-refractivity contribution in [3.8, 4) is 22.4 Å². The van der Waals surface area contributed by atoms with Gasteiger partial charge in [-0.3, -0.25) is 4.90 Å². The number of aromatic nitrogens is 3. The zero-order chi connectivity index (χ0) is 17.8. The molecule has 1 fully saturated rings. The molecule has 132 valence electrons. The van der Waals surface area contributed by atoms with Crippen LogP contribution in [0.5, 0.6) is 0 Å². The minimum atomic E-state index is -0.122. The third-order valence-electron chi connectivity index (χ3n) is 4.54. The first-order chi connectivity index (χ1) is 12.8. The summed E-state index contributed by atoms with van der Waals surface area (Å²) in [4.78, 5) is 3.52. The van der Waals surface area contributed by atoms with E-state index in [1.165, 1.54) is 5.56 Å². The van der Waals surface area contributed by atoms with Gasteiger partial charge in [-0.05, 0) is 18.1 Å². The third-order valence-corrected chi connectivity index (χ3v) is 5.50. The summed E-state index contributed by atoms with van der Waals surface area (Å²) in [5.41, 5.74) is 3.14. The van der Waals surface area contributed by atoms with Crippen LogP contribution in [0.15, 0.2) is 48.0 Å². The van der Waals surface area contributed by atoms with Crippen molar-refractivity contribution in [1.29, 1.82) is 0 Å². The number of benzene rings is 1. The van der Waals surface area contributed by atoms with E-state index in [1.807, 2.05) is 22.3 Å². The summed E-state index contributed by atoms with van der Waals surface area (Å²) < 4.78 is 2.00. The van der Waals surface area contributed by atoms with E-state index in [2.05, 4.69) is 57.4 Å². The first-order valence-corrected chi connectivity index (χ1v) is 9.56. The van der Waals surface area contributed by atoms with Gasteiger partial charge in [0.05, 0.1) is 17.1 Å². The molecule has 1 aliphatic rings. The number of hydrogen-bond donors (Lipinski definition) is 1. The molecule has 0 aliphatic carbocycles. The summed E-state index contributed by atoms with van der Waals surface area (Å²) >= 11 is 1.60. The van der Waals surface area contributed by atoms with E-state index in [0.29, 0.717) is 6.04 Å². The summed E-state index contributed by atoms with van der Waals surface area (Å²) in [5.74, 6) is 5.59. The van der Waals surface area contributed by atoms with E-state index in [9.17, 15) is 0 Å². The molecule has 1 unspecified atom stereocenters. The average molecular weight is 364 g/mol. The molecule has 0 spiro atoms. The number of aliphatic hydroxyl groups is 1. The van der Waals surface area contributed by atoms with Crippen molar-refractivity contribution in [2.24, 2.45) is 0 Å². The first-order valence-electron chi connectivity index (χ1n) is 8.68. The Balaban J connectivity index is 1.41. The van der Waals surface area contributed by atoms with Gasteiger partial charge in [0.2, 0.25) is 0 Å². The fourth-order valence-corrected chi connectivity index (χ4v) is 4.05. The second-order valence-electron chi connectivity index (χ2n) is 6.41. The molecular formula is C20H20N4OS. The zero-order valence-electron chi connectivity index (χ0n) is 14.4. The Kier molecular flexibility index (Phi) is 5.12. The molecule has 1 aliphatic heterocycles. The maximum absolute atomic E-state index is 8.79. The van der Waals surface area contributed by atoms with Crippen LogP contribution in [-0.2, 0) is 6.54 Å². The molecule has 3 aromatic rings. The van der Waals surface area contributed by atoms with E-state index in [4.69, 9.17) is 5.11 Å². The number of hydrogen-bond acceptors (Lipinski definition) is 5. The van der Waals surface area contributed by atoms with Crippen LogP contribution in [0.3, 0.4) is 0 Å². The highest BCUT2D eigenvalue weighted by Crippen LogP contribution is 2.28. The van der Waals surface area contributed by atoms with E-state index in [-0.39, 0.29) is 6.61 Å². The van der Waals surface area contributed by atoms with Gasteiger partial charge in [-0.1, -0.05) is 47.4 Å². The van der Waals surface area contributed by atoms with Gasteiger partial charge in [-0.25, -0.2) is 4.68 Å². The minimum absolute atomic E-state index is 0.122. The van der Waals surface area contributed by atoms with Crippen LogP contribution in [0.1, 0.15) is 23.6 Å². The number of nitrogens with zero attached hydrogens (tertiary/aromatic N) is 4. The number of likely N-dealkylation sites (tertiary alicyclic amines) is 1. The van der Waals surface area contributed by atoms with Gasteiger partial charge in [-0.2, -0.15) is 0 Å². The molecule has 0 saturated carbocycles. The molecule has 1 N–H and O–H groups in total. The monoisotopic (exact) mass is 364 g/mol. The SMILES string of the molecule is OCC#Cc1csc(-c2cn(C3CCN(Cc4ccccc4)C3)nn2)c1. The molecular weight excluding hydrogens is 344 g/mol. The Bertz CT molecular complexity index is 922. The quantitative estimate of drug-likeness (QED) is 0.724. The molecule has 1 atom stereocenters. The molecule has 0 amide bonds. The highest BCUT2D eigenvalue weighted by molar-refractivity contribution is 7.13. The van der Waals surface area contributed by atoms with Gasteiger partial charge in [0, 0.05) is 30.6 Å². The van der Waals surface area contributed by atoms with Crippen LogP contribution in [0.4, 0.5) is 0 Å². The lowest BCUT2D eigenvalue weighted by molar-refractivity contribution is 0.310. The molecule has 1 saturated heterocycles. The standard InChI is InChI=1S/C20H20N4OS/c25-10-4-7-17-11-20(26-15-17)19-14-24(22-21-19)18-8-9-23(13-18)12-16-5-2-1-3-6-16/h1-3,5-6,11,14-15,18,25H,8-10,12-13H2. The Morgan fingerprint density at radius 3 is 3.00 bits per heavy atom. The van der Waals surface area contributed by atoms with Gasteiger partial charge < -0.3 is 5.11 Å². The van der Waals surface area contributed by atoms with Crippen LogP contribution in [0, 0.1) is 11.8 Å². The Hall–Kier alpha value is -2.46. The summed E-state index contributed by atoms with van der Waals surface area (Å²) in [5, 5.41) is 19.5.